The van der Waals surface area contributed by atoms with Crippen molar-refractivity contribution in [2.45, 2.75) is 39.2 Å². The standard InChI is InChI=1S/C20H24FN3O4/c1-13-11-14(2)24(22-13)18-4-3-15(12-17(18)21)20(27)23(8-5-19(25)26)16-6-9-28-10-7-16/h3-4,11-12,16H,5-10H2,1-2H3,(H,25,26). The Kier molecular flexibility index (Phi) is 6.08. The van der Waals surface area contributed by atoms with Crippen molar-refractivity contribution >= 4 is 11.9 Å². The predicted octanol–water partition coefficient (Wildman–Crippen LogP) is 2.72. The van der Waals surface area contributed by atoms with E-state index in [4.69, 9.17) is 9.84 Å². The van der Waals surface area contributed by atoms with Gasteiger partial charge in [0.2, 0.25) is 0 Å². The normalized spacial score (nSPS) is 14.8. The Labute approximate surface area is 162 Å². The zero-order chi connectivity index (χ0) is 20.3. The maximum absolute atomic E-state index is 14.8. The summed E-state index contributed by atoms with van der Waals surface area (Å²) in [5.74, 6) is -1.90. The van der Waals surface area contributed by atoms with Crippen LogP contribution in [-0.2, 0) is 9.53 Å². The fourth-order valence-corrected chi connectivity index (χ4v) is 3.51. The van der Waals surface area contributed by atoms with Gasteiger partial charge in [-0.25, -0.2) is 9.07 Å². The molecule has 150 valence electrons. The van der Waals surface area contributed by atoms with Crippen LogP contribution < -0.4 is 0 Å². The number of nitrogens with zero attached hydrogens (tertiary/aromatic N) is 3. The second-order valence-corrected chi connectivity index (χ2v) is 6.99. The van der Waals surface area contributed by atoms with Crippen molar-refractivity contribution in [3.05, 3.63) is 47.0 Å². The van der Waals surface area contributed by atoms with Crippen molar-refractivity contribution in [2.75, 3.05) is 19.8 Å². The Bertz CT molecular complexity index is 874. The zero-order valence-corrected chi connectivity index (χ0v) is 16.0. The van der Waals surface area contributed by atoms with Crippen LogP contribution >= 0.6 is 0 Å². The Morgan fingerprint density at radius 1 is 1.29 bits per heavy atom. The van der Waals surface area contributed by atoms with E-state index in [1.165, 1.54) is 21.7 Å². The third-order valence-corrected chi connectivity index (χ3v) is 4.89. The number of carboxylic acid groups (broad SMARTS) is 1. The molecule has 2 heterocycles. The van der Waals surface area contributed by atoms with Crippen LogP contribution in [-0.4, -0.2) is 57.5 Å². The Morgan fingerprint density at radius 3 is 2.57 bits per heavy atom. The van der Waals surface area contributed by atoms with E-state index in [1.54, 1.807) is 6.07 Å². The number of aliphatic carboxylic acids is 1. The smallest absolute Gasteiger partial charge is 0.305 e. The van der Waals surface area contributed by atoms with Gasteiger partial charge < -0.3 is 14.7 Å². The van der Waals surface area contributed by atoms with Gasteiger partial charge in [-0.3, -0.25) is 9.59 Å². The van der Waals surface area contributed by atoms with Gasteiger partial charge in [0, 0.05) is 37.1 Å². The van der Waals surface area contributed by atoms with Crippen molar-refractivity contribution in [3.8, 4) is 5.69 Å². The molecule has 1 saturated heterocycles. The topological polar surface area (TPSA) is 84.7 Å². The lowest BCUT2D eigenvalue weighted by molar-refractivity contribution is -0.137. The number of ether oxygens (including phenoxy) is 1. The van der Waals surface area contributed by atoms with E-state index in [2.05, 4.69) is 5.10 Å². The summed E-state index contributed by atoms with van der Waals surface area (Å²) < 4.78 is 21.6. The van der Waals surface area contributed by atoms with E-state index in [0.29, 0.717) is 26.1 Å². The summed E-state index contributed by atoms with van der Waals surface area (Å²) in [6.07, 6.45) is 1.12. The van der Waals surface area contributed by atoms with Crippen molar-refractivity contribution in [3.63, 3.8) is 0 Å². The molecule has 1 aliphatic heterocycles. The van der Waals surface area contributed by atoms with Crippen molar-refractivity contribution in [2.24, 2.45) is 0 Å². The lowest BCUT2D eigenvalue weighted by atomic mass is 10.0. The lowest BCUT2D eigenvalue weighted by Crippen LogP contribution is -2.44. The van der Waals surface area contributed by atoms with Crippen LogP contribution in [0.3, 0.4) is 0 Å². The molecule has 1 amide bonds. The molecule has 0 unspecified atom stereocenters. The molecule has 1 aromatic carbocycles. The molecule has 1 fully saturated rings. The summed E-state index contributed by atoms with van der Waals surface area (Å²) in [4.78, 5) is 25.6. The highest BCUT2D eigenvalue weighted by atomic mass is 19.1. The largest absolute Gasteiger partial charge is 0.481 e. The number of carbonyl (C=O) groups is 2. The Hall–Kier alpha value is -2.74. The molecule has 0 aliphatic carbocycles. The fourth-order valence-electron chi connectivity index (χ4n) is 3.51. The molecular formula is C20H24FN3O4. The van der Waals surface area contributed by atoms with Gasteiger partial charge in [-0.2, -0.15) is 5.10 Å². The third kappa shape index (κ3) is 4.39. The number of carbonyl (C=O) groups excluding carboxylic acids is 1. The molecule has 0 spiro atoms. The molecule has 0 radical (unpaired) electrons. The first-order valence-electron chi connectivity index (χ1n) is 9.30. The highest BCUT2D eigenvalue weighted by molar-refractivity contribution is 5.95. The van der Waals surface area contributed by atoms with Crippen LogP contribution in [0, 0.1) is 19.7 Å². The van der Waals surface area contributed by atoms with Gasteiger partial charge in [0.15, 0.2) is 0 Å². The van der Waals surface area contributed by atoms with Gasteiger partial charge >= 0.3 is 5.97 Å². The SMILES string of the molecule is Cc1cc(C)n(-c2ccc(C(=O)N(CCC(=O)O)C3CCOCC3)cc2F)n1. The minimum Gasteiger partial charge on any atom is -0.481 e. The first-order chi connectivity index (χ1) is 13.4. The number of carboxylic acids is 1. The highest BCUT2D eigenvalue weighted by Crippen LogP contribution is 2.22. The molecule has 1 aliphatic rings. The van der Waals surface area contributed by atoms with Gasteiger partial charge in [-0.05, 0) is 51.0 Å². The number of hydrogen-bond acceptors (Lipinski definition) is 4. The van der Waals surface area contributed by atoms with Gasteiger partial charge in [0.05, 0.1) is 12.1 Å². The van der Waals surface area contributed by atoms with E-state index >= 15 is 0 Å². The third-order valence-electron chi connectivity index (χ3n) is 4.89. The van der Waals surface area contributed by atoms with Gasteiger partial charge in [0.1, 0.15) is 11.5 Å². The summed E-state index contributed by atoms with van der Waals surface area (Å²) in [5, 5.41) is 13.3. The maximum Gasteiger partial charge on any atom is 0.305 e. The number of halogens is 1. The first-order valence-corrected chi connectivity index (χ1v) is 9.30. The number of benzene rings is 1. The van der Waals surface area contributed by atoms with Crippen LogP contribution in [0.4, 0.5) is 4.39 Å². The van der Waals surface area contributed by atoms with E-state index in [0.717, 1.165) is 11.4 Å². The number of amides is 1. The van der Waals surface area contributed by atoms with Crippen molar-refractivity contribution < 1.29 is 23.8 Å². The van der Waals surface area contributed by atoms with Crippen LogP contribution in [0.5, 0.6) is 0 Å². The molecule has 1 N–H and O–H groups in total. The first kappa shape index (κ1) is 20.0. The van der Waals surface area contributed by atoms with E-state index in [1.807, 2.05) is 19.9 Å². The van der Waals surface area contributed by atoms with Crippen LogP contribution in [0.25, 0.3) is 5.69 Å². The van der Waals surface area contributed by atoms with E-state index < -0.39 is 11.8 Å². The van der Waals surface area contributed by atoms with Gasteiger partial charge in [-0.1, -0.05) is 0 Å². The molecule has 3 rings (SSSR count). The molecule has 8 heteroatoms. The van der Waals surface area contributed by atoms with Crippen LogP contribution in [0.1, 0.15) is 41.0 Å². The quantitative estimate of drug-likeness (QED) is 0.821. The average Bonchev–Trinajstić information content (AvgIpc) is 3.00. The van der Waals surface area contributed by atoms with Crippen molar-refractivity contribution in [1.29, 1.82) is 0 Å². The Balaban J connectivity index is 1.86. The summed E-state index contributed by atoms with van der Waals surface area (Å²) in [6.45, 7) is 4.78. The lowest BCUT2D eigenvalue weighted by Gasteiger charge is -2.34. The Morgan fingerprint density at radius 2 is 2.00 bits per heavy atom. The summed E-state index contributed by atoms with van der Waals surface area (Å²) >= 11 is 0. The van der Waals surface area contributed by atoms with E-state index in [-0.39, 0.29) is 36.2 Å². The summed E-state index contributed by atoms with van der Waals surface area (Å²) in [5.41, 5.74) is 2.03. The minimum absolute atomic E-state index is 0.0830. The summed E-state index contributed by atoms with van der Waals surface area (Å²) in [7, 11) is 0. The van der Waals surface area contributed by atoms with Gasteiger partial charge in [-0.15, -0.1) is 0 Å². The minimum atomic E-state index is -0.976. The second kappa shape index (κ2) is 8.52. The molecule has 28 heavy (non-hydrogen) atoms. The highest BCUT2D eigenvalue weighted by Gasteiger charge is 2.27. The van der Waals surface area contributed by atoms with Crippen LogP contribution in [0.15, 0.2) is 24.3 Å². The average molecular weight is 389 g/mol. The molecule has 2 aromatic rings. The molecule has 0 bridgehead atoms. The number of hydrogen-bond donors (Lipinski definition) is 1. The van der Waals surface area contributed by atoms with Gasteiger partial charge in [0.25, 0.3) is 5.91 Å². The molecule has 0 saturated carbocycles. The second-order valence-electron chi connectivity index (χ2n) is 6.99. The molecule has 1 aromatic heterocycles. The summed E-state index contributed by atoms with van der Waals surface area (Å²) in [6, 6.07) is 6.02. The fraction of sp³-hybridized carbons (Fsp3) is 0.450. The van der Waals surface area contributed by atoms with E-state index in [9.17, 15) is 14.0 Å². The predicted molar refractivity (Wildman–Crippen MR) is 100 cm³/mol. The monoisotopic (exact) mass is 389 g/mol. The molecular weight excluding hydrogens is 365 g/mol. The maximum atomic E-state index is 14.8. The number of aryl methyl sites for hydroxylation is 2. The van der Waals surface area contributed by atoms with Crippen molar-refractivity contribution in [1.82, 2.24) is 14.7 Å². The molecule has 7 nitrogen and oxygen atoms in total. The number of aromatic nitrogens is 2. The number of rotatable bonds is 6. The zero-order valence-electron chi connectivity index (χ0n) is 16.0. The van der Waals surface area contributed by atoms with Crippen LogP contribution in [0.2, 0.25) is 0 Å². The molecule has 0 atom stereocenters.